The molecule has 0 unspecified atom stereocenters. The van der Waals surface area contributed by atoms with Crippen LogP contribution in [0.4, 0.5) is 0 Å². The Kier molecular flexibility index (Phi) is 43.9. The van der Waals surface area contributed by atoms with E-state index in [0.29, 0.717) is 225 Å². The van der Waals surface area contributed by atoms with Crippen molar-refractivity contribution in [3.63, 3.8) is 0 Å². The molecular weight excluding hydrogens is 889 g/mol. The molecule has 0 aliphatic heterocycles. The summed E-state index contributed by atoms with van der Waals surface area (Å²) >= 11 is 0. The predicted molar refractivity (Wildman–Crippen MR) is 259 cm³/mol. The third-order valence-corrected chi connectivity index (χ3v) is 9.34. The first-order valence-corrected chi connectivity index (χ1v) is 24.6. The molecule has 0 saturated carbocycles. The highest BCUT2D eigenvalue weighted by Crippen LogP contribution is 2.40. The van der Waals surface area contributed by atoms with E-state index in [0.717, 1.165) is 5.75 Å². The minimum Gasteiger partial charge on any atom is -0.491 e. The number of methoxy groups -OCH3 is 1. The van der Waals surface area contributed by atoms with Crippen LogP contribution < -0.4 is 4.74 Å². The summed E-state index contributed by atoms with van der Waals surface area (Å²) in [6.45, 7) is 32.8. The van der Waals surface area contributed by atoms with E-state index in [1.54, 1.807) is 7.11 Å². The van der Waals surface area contributed by atoms with Crippen LogP contribution in [0.3, 0.4) is 0 Å². The molecule has 402 valence electrons. The first-order chi connectivity index (χ1) is 33.1. The second-order valence-electron chi connectivity index (χ2n) is 17.3. The second-order valence-corrected chi connectivity index (χ2v) is 17.3. The molecule has 18 nitrogen and oxygen atoms in total. The minimum absolute atomic E-state index is 0.0192. The third-order valence-electron chi connectivity index (χ3n) is 9.34. The van der Waals surface area contributed by atoms with E-state index in [-0.39, 0.29) is 10.8 Å². The summed E-state index contributed by atoms with van der Waals surface area (Å²) in [5, 5.41) is 0. The maximum absolute atomic E-state index is 6.33. The van der Waals surface area contributed by atoms with Crippen LogP contribution in [0.5, 0.6) is 5.75 Å². The van der Waals surface area contributed by atoms with E-state index >= 15 is 0 Å². The second kappa shape index (κ2) is 46.4. The molecule has 68 heavy (non-hydrogen) atoms. The Bertz CT molecular complexity index is 1180. The first-order valence-electron chi connectivity index (χ1n) is 24.6. The van der Waals surface area contributed by atoms with E-state index < -0.39 is 0 Å². The summed E-state index contributed by atoms with van der Waals surface area (Å²) in [6, 6.07) is 4.48. The Morgan fingerprint density at radius 3 is 0.588 bits per heavy atom. The lowest BCUT2D eigenvalue weighted by molar-refractivity contribution is -0.0306. The summed E-state index contributed by atoms with van der Waals surface area (Å²) in [6.07, 6.45) is 0. The molecule has 0 amide bonds. The van der Waals surface area contributed by atoms with Gasteiger partial charge < -0.3 is 85.3 Å². The molecule has 1 aromatic carbocycles. The van der Waals surface area contributed by atoms with Crippen LogP contribution in [0.25, 0.3) is 0 Å². The van der Waals surface area contributed by atoms with E-state index in [1.807, 2.05) is 0 Å². The monoisotopic (exact) mass is 983 g/mol. The molecule has 1 aromatic rings. The van der Waals surface area contributed by atoms with Crippen molar-refractivity contribution >= 4 is 0 Å². The molecular formula is C50H94O18. The molecule has 0 aliphatic carbocycles. The van der Waals surface area contributed by atoms with Gasteiger partial charge >= 0.3 is 0 Å². The molecule has 0 aliphatic rings. The van der Waals surface area contributed by atoms with Gasteiger partial charge in [-0.05, 0) is 17.8 Å². The minimum atomic E-state index is -0.0192. The topological polar surface area (TPSA) is 166 Å². The first kappa shape index (κ1) is 64.4. The van der Waals surface area contributed by atoms with Gasteiger partial charge in [0.25, 0.3) is 0 Å². The average molecular weight is 983 g/mol. The fraction of sp³-hybridized carbons (Fsp3) is 0.880. The Hall–Kier alpha value is -1.66. The summed E-state index contributed by atoms with van der Waals surface area (Å²) in [7, 11) is 1.65. The molecule has 0 atom stereocenters. The quantitative estimate of drug-likeness (QED) is 0.0810. The highest BCUT2D eigenvalue weighted by molar-refractivity contribution is 5.50. The molecule has 0 N–H and O–H groups in total. The lowest BCUT2D eigenvalue weighted by Gasteiger charge is -2.30. The maximum atomic E-state index is 6.33. The van der Waals surface area contributed by atoms with Gasteiger partial charge in [0.05, 0.1) is 218 Å². The SMILES string of the molecule is COCCOCCOCCOCCOCCOCCOCCOCCOCCOCCOCCOCCOCCOCCOCCOCCOCCOc1c(C(C)(C)C)cc(C)cc1C(C)(C)C. The Balaban J connectivity index is 1.71. The van der Waals surface area contributed by atoms with Crippen molar-refractivity contribution in [2.75, 3.05) is 232 Å². The van der Waals surface area contributed by atoms with Gasteiger partial charge in [0.1, 0.15) is 12.4 Å². The smallest absolute Gasteiger partial charge is 0.126 e. The maximum Gasteiger partial charge on any atom is 0.126 e. The van der Waals surface area contributed by atoms with Crippen LogP contribution in [-0.2, 0) is 91.4 Å². The van der Waals surface area contributed by atoms with E-state index in [2.05, 4.69) is 60.6 Å². The summed E-state index contributed by atoms with van der Waals surface area (Å²) in [5.41, 5.74) is 3.67. The summed E-state index contributed by atoms with van der Waals surface area (Å²) in [5.74, 6) is 0.982. The number of benzene rings is 1. The van der Waals surface area contributed by atoms with Crippen molar-refractivity contribution < 1.29 is 85.3 Å². The number of ether oxygens (including phenoxy) is 18. The number of aryl methyl sites for hydroxylation is 1. The standard InChI is InChI=1S/C50H94O18/c1-45-43-46(49(2,3)4)48(47(44-45)50(5,6)7)68-42-41-67-40-39-66-38-37-65-36-35-64-34-33-63-32-31-62-30-29-61-28-27-60-26-25-59-24-23-58-22-21-57-20-19-56-18-17-55-16-15-54-14-13-53-12-11-52-10-9-51-8/h43-44H,9-42H2,1-8H3. The zero-order valence-corrected chi connectivity index (χ0v) is 43.5. The number of hydrogen-bond donors (Lipinski definition) is 0. The highest BCUT2D eigenvalue weighted by atomic mass is 16.6. The predicted octanol–water partition coefficient (Wildman–Crippen LogP) is 4.88. The molecule has 0 aromatic heterocycles. The van der Waals surface area contributed by atoms with Crippen LogP contribution in [0.2, 0.25) is 0 Å². The van der Waals surface area contributed by atoms with Gasteiger partial charge in [-0.3, -0.25) is 0 Å². The molecule has 0 spiro atoms. The zero-order valence-electron chi connectivity index (χ0n) is 43.5. The van der Waals surface area contributed by atoms with Crippen molar-refractivity contribution in [1.82, 2.24) is 0 Å². The summed E-state index contributed by atoms with van der Waals surface area (Å²) in [4.78, 5) is 0. The third kappa shape index (κ3) is 41.0. The normalized spacial score (nSPS) is 12.2. The highest BCUT2D eigenvalue weighted by Gasteiger charge is 2.27. The zero-order chi connectivity index (χ0) is 49.5. The summed E-state index contributed by atoms with van der Waals surface area (Å²) < 4.78 is 99.6. The van der Waals surface area contributed by atoms with Crippen LogP contribution in [0.15, 0.2) is 12.1 Å². The lowest BCUT2D eigenvalue weighted by Crippen LogP contribution is -2.21. The Morgan fingerprint density at radius 1 is 0.265 bits per heavy atom. The molecule has 1 rings (SSSR count). The van der Waals surface area contributed by atoms with E-state index in [1.165, 1.54) is 16.7 Å². The number of rotatable bonds is 52. The Labute approximate surface area is 410 Å². The number of hydrogen-bond acceptors (Lipinski definition) is 18. The van der Waals surface area contributed by atoms with Crippen molar-refractivity contribution in [2.45, 2.75) is 59.3 Å². The largest absolute Gasteiger partial charge is 0.491 e. The molecule has 0 radical (unpaired) electrons. The fourth-order valence-electron chi connectivity index (χ4n) is 5.79. The van der Waals surface area contributed by atoms with Gasteiger partial charge in [-0.2, -0.15) is 0 Å². The van der Waals surface area contributed by atoms with Gasteiger partial charge in [0, 0.05) is 18.2 Å². The van der Waals surface area contributed by atoms with Crippen LogP contribution in [-0.4, -0.2) is 232 Å². The van der Waals surface area contributed by atoms with E-state index in [4.69, 9.17) is 85.3 Å². The van der Waals surface area contributed by atoms with Crippen LogP contribution in [0, 0.1) is 6.92 Å². The van der Waals surface area contributed by atoms with Gasteiger partial charge in [-0.15, -0.1) is 0 Å². The fourth-order valence-corrected chi connectivity index (χ4v) is 5.79. The van der Waals surface area contributed by atoms with Crippen molar-refractivity contribution in [1.29, 1.82) is 0 Å². The van der Waals surface area contributed by atoms with E-state index in [9.17, 15) is 0 Å². The van der Waals surface area contributed by atoms with Crippen molar-refractivity contribution in [3.8, 4) is 5.75 Å². The molecule has 0 heterocycles. The Morgan fingerprint density at radius 2 is 0.426 bits per heavy atom. The van der Waals surface area contributed by atoms with Crippen molar-refractivity contribution in [3.05, 3.63) is 28.8 Å². The lowest BCUT2D eigenvalue weighted by atomic mass is 9.78. The molecule has 0 bridgehead atoms. The molecule has 0 saturated heterocycles. The van der Waals surface area contributed by atoms with Gasteiger partial charge in [-0.1, -0.05) is 59.2 Å². The molecule has 18 heteroatoms. The van der Waals surface area contributed by atoms with Crippen molar-refractivity contribution in [2.24, 2.45) is 0 Å². The van der Waals surface area contributed by atoms with Crippen LogP contribution in [0.1, 0.15) is 58.2 Å². The van der Waals surface area contributed by atoms with Crippen LogP contribution >= 0.6 is 0 Å². The average Bonchev–Trinajstić information content (AvgIpc) is 3.30. The van der Waals surface area contributed by atoms with Gasteiger partial charge in [0.2, 0.25) is 0 Å². The van der Waals surface area contributed by atoms with Gasteiger partial charge in [-0.25, -0.2) is 0 Å². The molecule has 0 fully saturated rings. The van der Waals surface area contributed by atoms with Gasteiger partial charge in [0.15, 0.2) is 0 Å².